The minimum Gasteiger partial charge on any atom is -0.495 e. The largest absolute Gasteiger partial charge is 0.495 e. The highest BCUT2D eigenvalue weighted by Gasteiger charge is 2.54. The van der Waals surface area contributed by atoms with Gasteiger partial charge in [0.2, 0.25) is 15.9 Å². The zero-order chi connectivity index (χ0) is 30.1. The molecule has 9 nitrogen and oxygen atoms in total. The molecule has 0 bridgehead atoms. The molecule has 11 heteroatoms. The normalized spacial score (nSPS) is 15.9. The van der Waals surface area contributed by atoms with Gasteiger partial charge in [0.15, 0.2) is 5.78 Å². The maximum Gasteiger partial charge on any atom is 0.235 e. The van der Waals surface area contributed by atoms with Crippen molar-refractivity contribution < 1.29 is 22.7 Å². The van der Waals surface area contributed by atoms with E-state index in [1.165, 1.54) is 49.4 Å². The van der Waals surface area contributed by atoms with Crippen LogP contribution in [0.4, 0.5) is 0 Å². The van der Waals surface area contributed by atoms with Gasteiger partial charge in [0.05, 0.1) is 31.0 Å². The zero-order valence-corrected chi connectivity index (χ0v) is 26.3. The molecule has 0 radical (unpaired) electrons. The lowest BCUT2D eigenvalue weighted by molar-refractivity contribution is -0.134. The third-order valence-corrected chi connectivity index (χ3v) is 10.8. The summed E-state index contributed by atoms with van der Waals surface area (Å²) >= 11 is 1.33. The van der Waals surface area contributed by atoms with Crippen molar-refractivity contribution in [3.63, 3.8) is 0 Å². The molecule has 2 aliphatic carbocycles. The van der Waals surface area contributed by atoms with E-state index in [1.54, 1.807) is 20.2 Å². The number of pyridine rings is 1. The molecule has 42 heavy (non-hydrogen) atoms. The number of methoxy groups -OCH3 is 1. The van der Waals surface area contributed by atoms with Gasteiger partial charge in [0.25, 0.3) is 0 Å². The van der Waals surface area contributed by atoms with Gasteiger partial charge in [-0.25, -0.2) is 17.7 Å². The molecule has 2 saturated carbocycles. The van der Waals surface area contributed by atoms with Crippen LogP contribution in [0.15, 0.2) is 42.6 Å². The molecular formula is C31H38N4O5S2. The van der Waals surface area contributed by atoms with Crippen molar-refractivity contribution in [2.75, 3.05) is 33.5 Å². The summed E-state index contributed by atoms with van der Waals surface area (Å²) in [5.41, 5.74) is 2.88. The van der Waals surface area contributed by atoms with Crippen LogP contribution in [0.25, 0.3) is 0 Å². The summed E-state index contributed by atoms with van der Waals surface area (Å²) in [6, 6.07) is 12.4. The SMILES string of the molecule is COc1ccc(C2(C(=O)N(CCCc3cccc(C4CC4)c3)Cc3nc(C(=O)CS(=O)(=O)N(C)C)c(C)s3)CC2)nc1. The van der Waals surface area contributed by atoms with Crippen molar-refractivity contribution in [2.45, 2.75) is 63.3 Å². The van der Waals surface area contributed by atoms with Crippen molar-refractivity contribution in [1.29, 1.82) is 0 Å². The molecule has 2 aromatic heterocycles. The number of rotatable bonds is 14. The van der Waals surface area contributed by atoms with Crippen molar-refractivity contribution in [1.82, 2.24) is 19.2 Å². The summed E-state index contributed by atoms with van der Waals surface area (Å²) in [6.07, 6.45) is 7.22. The number of sulfonamides is 1. The summed E-state index contributed by atoms with van der Waals surface area (Å²) < 4.78 is 30.9. The van der Waals surface area contributed by atoms with Gasteiger partial charge < -0.3 is 9.64 Å². The number of ether oxygens (including phenoxy) is 1. The number of aromatic nitrogens is 2. The second kappa shape index (κ2) is 12.2. The highest BCUT2D eigenvalue weighted by Crippen LogP contribution is 2.49. The Bertz CT molecular complexity index is 1560. The smallest absolute Gasteiger partial charge is 0.235 e. The van der Waals surface area contributed by atoms with Gasteiger partial charge in [-0.15, -0.1) is 11.3 Å². The predicted octanol–water partition coefficient (Wildman–Crippen LogP) is 4.50. The summed E-state index contributed by atoms with van der Waals surface area (Å²) in [5, 5.41) is 0.612. The lowest BCUT2D eigenvalue weighted by atomic mass is 9.99. The van der Waals surface area contributed by atoms with E-state index < -0.39 is 27.0 Å². The van der Waals surface area contributed by atoms with Crippen molar-refractivity contribution >= 4 is 33.1 Å². The summed E-state index contributed by atoms with van der Waals surface area (Å²) in [6.45, 7) is 2.54. The Kier molecular flexibility index (Phi) is 8.82. The molecular weight excluding hydrogens is 572 g/mol. The Morgan fingerprint density at radius 2 is 1.90 bits per heavy atom. The number of nitrogens with zero attached hydrogens (tertiary/aromatic N) is 4. The molecule has 1 amide bonds. The number of Topliss-reactive ketones (excluding diaryl/α,β-unsaturated/α-hetero) is 1. The number of hydrogen-bond donors (Lipinski definition) is 0. The van der Waals surface area contributed by atoms with Crippen LogP contribution in [0, 0.1) is 6.92 Å². The minimum atomic E-state index is -3.71. The number of amides is 1. The van der Waals surface area contributed by atoms with Crippen molar-refractivity contribution in [3.8, 4) is 5.75 Å². The van der Waals surface area contributed by atoms with Crippen LogP contribution in [0.2, 0.25) is 0 Å². The number of thiazole rings is 1. The van der Waals surface area contributed by atoms with E-state index in [9.17, 15) is 18.0 Å². The molecule has 0 N–H and O–H groups in total. The van der Waals surface area contributed by atoms with Crippen LogP contribution < -0.4 is 4.74 Å². The van der Waals surface area contributed by atoms with E-state index in [-0.39, 0.29) is 18.1 Å². The highest BCUT2D eigenvalue weighted by atomic mass is 32.2. The van der Waals surface area contributed by atoms with Gasteiger partial charge in [-0.1, -0.05) is 24.3 Å². The van der Waals surface area contributed by atoms with Crippen LogP contribution in [0.1, 0.15) is 75.2 Å². The van der Waals surface area contributed by atoms with Crippen LogP contribution >= 0.6 is 11.3 Å². The second-order valence-electron chi connectivity index (χ2n) is 11.5. The van der Waals surface area contributed by atoms with E-state index in [4.69, 9.17) is 4.74 Å². The Labute approximate surface area is 252 Å². The average Bonchev–Trinajstić information content (AvgIpc) is 3.90. The van der Waals surface area contributed by atoms with E-state index in [1.807, 2.05) is 17.0 Å². The molecule has 0 aliphatic heterocycles. The van der Waals surface area contributed by atoms with Crippen molar-refractivity contribution in [2.24, 2.45) is 0 Å². The van der Waals surface area contributed by atoms with E-state index in [0.29, 0.717) is 40.9 Å². The summed E-state index contributed by atoms with van der Waals surface area (Å²) in [7, 11) is 0.677. The summed E-state index contributed by atoms with van der Waals surface area (Å²) in [5.74, 6) is 0.145. The van der Waals surface area contributed by atoms with E-state index >= 15 is 0 Å². The van der Waals surface area contributed by atoms with Crippen LogP contribution in [0.5, 0.6) is 5.75 Å². The number of ketones is 1. The maximum absolute atomic E-state index is 14.1. The molecule has 5 rings (SSSR count). The second-order valence-corrected chi connectivity index (χ2v) is 15.0. The monoisotopic (exact) mass is 610 g/mol. The first-order valence-electron chi connectivity index (χ1n) is 14.3. The number of aryl methyl sites for hydroxylation is 2. The lowest BCUT2D eigenvalue weighted by Crippen LogP contribution is -2.40. The van der Waals surface area contributed by atoms with E-state index in [2.05, 4.69) is 34.2 Å². The Balaban J connectivity index is 1.35. The van der Waals surface area contributed by atoms with Crippen LogP contribution in [-0.2, 0) is 33.2 Å². The molecule has 224 valence electrons. The minimum absolute atomic E-state index is 0.00260. The molecule has 2 aliphatic rings. The third kappa shape index (κ3) is 6.74. The fraction of sp³-hybridized carbons (Fsp3) is 0.484. The van der Waals surface area contributed by atoms with Gasteiger partial charge in [-0.3, -0.25) is 14.6 Å². The molecule has 0 atom stereocenters. The first-order valence-corrected chi connectivity index (χ1v) is 16.7. The zero-order valence-electron chi connectivity index (χ0n) is 24.6. The molecule has 3 aromatic rings. The first-order chi connectivity index (χ1) is 20.0. The van der Waals surface area contributed by atoms with Gasteiger partial charge in [-0.05, 0) is 74.6 Å². The average molecular weight is 611 g/mol. The van der Waals surface area contributed by atoms with Gasteiger partial charge >= 0.3 is 0 Å². The highest BCUT2D eigenvalue weighted by molar-refractivity contribution is 7.89. The number of benzene rings is 1. The Hall–Kier alpha value is -3.15. The predicted molar refractivity (Wildman–Crippen MR) is 163 cm³/mol. The van der Waals surface area contributed by atoms with Crippen molar-refractivity contribution in [3.05, 3.63) is 75.0 Å². The molecule has 2 fully saturated rings. The number of carbonyl (C=O) groups excluding carboxylic acids is 2. The first kappa shape index (κ1) is 30.3. The lowest BCUT2D eigenvalue weighted by Gasteiger charge is -2.27. The van der Waals surface area contributed by atoms with E-state index in [0.717, 1.165) is 22.8 Å². The molecule has 2 heterocycles. The summed E-state index contributed by atoms with van der Waals surface area (Å²) in [4.78, 5) is 38.6. The maximum atomic E-state index is 14.1. The topological polar surface area (TPSA) is 110 Å². The molecule has 1 aromatic carbocycles. The van der Waals surface area contributed by atoms with Crippen LogP contribution in [0.3, 0.4) is 0 Å². The van der Waals surface area contributed by atoms with Gasteiger partial charge in [0, 0.05) is 25.5 Å². The standard InChI is InChI=1S/C31H38N4O5S2/c1-21-29(26(36)20-42(38,39)34(2)3)33-28(41-21)19-35(16-6-8-22-7-5-9-24(17-22)23-10-11-23)30(37)31(14-15-31)27-13-12-25(40-4)18-32-27/h5,7,9,12-13,17-18,23H,6,8,10-11,14-16,19-20H2,1-4H3. The van der Waals surface area contributed by atoms with Gasteiger partial charge in [0.1, 0.15) is 22.2 Å². The van der Waals surface area contributed by atoms with Gasteiger partial charge in [-0.2, -0.15) is 0 Å². The van der Waals surface area contributed by atoms with Crippen LogP contribution in [-0.4, -0.2) is 72.8 Å². The number of hydrogen-bond acceptors (Lipinski definition) is 8. The quantitative estimate of drug-likeness (QED) is 0.247. The third-order valence-electron chi connectivity index (χ3n) is 8.10. The fourth-order valence-electron chi connectivity index (χ4n) is 5.24. The number of carbonyl (C=O) groups is 2. The molecule has 0 saturated heterocycles. The Morgan fingerprint density at radius 1 is 1.14 bits per heavy atom. The molecule has 0 spiro atoms. The molecule has 0 unspecified atom stereocenters. The Morgan fingerprint density at radius 3 is 2.52 bits per heavy atom. The fourth-order valence-corrected chi connectivity index (χ4v) is 6.93.